The highest BCUT2D eigenvalue weighted by Crippen LogP contribution is 2.32. The molecule has 4 nitrogen and oxygen atoms in total. The van der Waals surface area contributed by atoms with E-state index < -0.39 is 0 Å². The Balaban J connectivity index is 1.76. The Bertz CT molecular complexity index is 982. The maximum Gasteiger partial charge on any atom is 0.191 e. The van der Waals surface area contributed by atoms with E-state index in [-0.39, 0.29) is 6.10 Å². The van der Waals surface area contributed by atoms with Crippen molar-refractivity contribution in [3.05, 3.63) is 82.1 Å². The summed E-state index contributed by atoms with van der Waals surface area (Å²) in [6.45, 7) is 10.8. The fourth-order valence-corrected chi connectivity index (χ4v) is 4.70. The number of hydrogen-bond donors (Lipinski definition) is 0. The number of aromatic nitrogens is 3. The Morgan fingerprint density at radius 3 is 2.33 bits per heavy atom. The van der Waals surface area contributed by atoms with Gasteiger partial charge in [-0.2, -0.15) is 0 Å². The summed E-state index contributed by atoms with van der Waals surface area (Å²) >= 11 is 14.1. The Morgan fingerprint density at radius 1 is 1.07 bits per heavy atom. The molecular formula is C23H25Cl2N3OS. The lowest BCUT2D eigenvalue weighted by molar-refractivity contribution is 0.210. The molecule has 1 aromatic heterocycles. The molecule has 0 amide bonds. The number of ether oxygens (including phenoxy) is 1. The minimum atomic E-state index is -0.263. The van der Waals surface area contributed by atoms with Crippen LogP contribution in [0.4, 0.5) is 0 Å². The Hall–Kier alpha value is -1.95. The zero-order valence-corrected chi connectivity index (χ0v) is 19.6. The lowest BCUT2D eigenvalue weighted by Crippen LogP contribution is -2.12. The SMILES string of the molecule is C=CCn1c(SCc2c(Cl)cccc2Cl)nnc1C(C)Oc1ccc(C(C)C)cc1. The molecule has 0 N–H and O–H groups in total. The third-order valence-corrected chi connectivity index (χ3v) is 6.39. The third-order valence-electron chi connectivity index (χ3n) is 4.69. The second-order valence-corrected chi connectivity index (χ2v) is 8.97. The van der Waals surface area contributed by atoms with Gasteiger partial charge in [0.1, 0.15) is 5.75 Å². The molecule has 158 valence electrons. The molecule has 0 aliphatic carbocycles. The normalized spacial score (nSPS) is 12.2. The predicted octanol–water partition coefficient (Wildman–Crippen LogP) is 7.33. The van der Waals surface area contributed by atoms with E-state index in [0.29, 0.717) is 28.3 Å². The van der Waals surface area contributed by atoms with Crippen molar-refractivity contribution in [1.82, 2.24) is 14.8 Å². The number of nitrogens with zero attached hydrogens (tertiary/aromatic N) is 3. The Labute approximate surface area is 192 Å². The van der Waals surface area contributed by atoms with E-state index >= 15 is 0 Å². The van der Waals surface area contributed by atoms with Crippen molar-refractivity contribution in [3.63, 3.8) is 0 Å². The van der Waals surface area contributed by atoms with Gasteiger partial charge in [0.25, 0.3) is 0 Å². The van der Waals surface area contributed by atoms with Gasteiger partial charge < -0.3 is 4.74 Å². The van der Waals surface area contributed by atoms with E-state index in [0.717, 1.165) is 22.3 Å². The van der Waals surface area contributed by atoms with E-state index in [2.05, 4.69) is 42.8 Å². The molecular weight excluding hydrogens is 437 g/mol. The summed E-state index contributed by atoms with van der Waals surface area (Å²) in [5, 5.41) is 10.8. The fourth-order valence-electron chi connectivity index (χ4n) is 3.00. The first-order chi connectivity index (χ1) is 14.4. The number of hydrogen-bond acceptors (Lipinski definition) is 4. The first-order valence-electron chi connectivity index (χ1n) is 9.77. The largest absolute Gasteiger partial charge is 0.483 e. The number of benzene rings is 2. The summed E-state index contributed by atoms with van der Waals surface area (Å²) < 4.78 is 8.14. The molecule has 30 heavy (non-hydrogen) atoms. The van der Waals surface area contributed by atoms with Crippen molar-refractivity contribution in [3.8, 4) is 5.75 Å². The molecule has 0 fully saturated rings. The van der Waals surface area contributed by atoms with Crippen LogP contribution in [-0.2, 0) is 12.3 Å². The van der Waals surface area contributed by atoms with E-state index in [4.69, 9.17) is 27.9 Å². The zero-order valence-electron chi connectivity index (χ0n) is 17.3. The Morgan fingerprint density at radius 2 is 1.73 bits per heavy atom. The van der Waals surface area contributed by atoms with Crippen LogP contribution in [0, 0.1) is 0 Å². The second kappa shape index (κ2) is 10.4. The van der Waals surface area contributed by atoms with Crippen LogP contribution in [0.3, 0.4) is 0 Å². The van der Waals surface area contributed by atoms with Crippen molar-refractivity contribution in [2.45, 2.75) is 50.2 Å². The molecule has 0 saturated heterocycles. The van der Waals surface area contributed by atoms with E-state index in [1.807, 2.05) is 47.9 Å². The maximum absolute atomic E-state index is 6.30. The van der Waals surface area contributed by atoms with E-state index in [1.165, 1.54) is 17.3 Å². The molecule has 0 saturated carbocycles. The monoisotopic (exact) mass is 461 g/mol. The maximum atomic E-state index is 6.30. The van der Waals surface area contributed by atoms with Gasteiger partial charge in [0.2, 0.25) is 0 Å². The average Bonchev–Trinajstić information content (AvgIpc) is 3.11. The molecule has 0 spiro atoms. The Kier molecular flexibility index (Phi) is 7.87. The van der Waals surface area contributed by atoms with Crippen molar-refractivity contribution < 1.29 is 4.74 Å². The topological polar surface area (TPSA) is 39.9 Å². The number of allylic oxidation sites excluding steroid dienone is 1. The van der Waals surface area contributed by atoms with Crippen LogP contribution >= 0.6 is 35.0 Å². The molecule has 3 rings (SSSR count). The van der Waals surface area contributed by atoms with Crippen LogP contribution in [-0.4, -0.2) is 14.8 Å². The molecule has 1 unspecified atom stereocenters. The van der Waals surface area contributed by atoms with Gasteiger partial charge in [-0.05, 0) is 48.2 Å². The third kappa shape index (κ3) is 5.39. The van der Waals surface area contributed by atoms with Crippen LogP contribution in [0.15, 0.2) is 60.3 Å². The van der Waals surface area contributed by atoms with Gasteiger partial charge >= 0.3 is 0 Å². The quantitative estimate of drug-likeness (QED) is 0.247. The fraction of sp³-hybridized carbons (Fsp3) is 0.304. The summed E-state index contributed by atoms with van der Waals surface area (Å²) in [4.78, 5) is 0. The molecule has 0 aliphatic rings. The highest BCUT2D eigenvalue weighted by Gasteiger charge is 2.20. The minimum absolute atomic E-state index is 0.263. The molecule has 2 aromatic carbocycles. The van der Waals surface area contributed by atoms with Crippen molar-refractivity contribution in [2.24, 2.45) is 0 Å². The molecule has 1 atom stereocenters. The first kappa shape index (κ1) is 22.7. The highest BCUT2D eigenvalue weighted by atomic mass is 35.5. The van der Waals surface area contributed by atoms with Crippen molar-refractivity contribution in [1.29, 1.82) is 0 Å². The highest BCUT2D eigenvalue weighted by molar-refractivity contribution is 7.98. The van der Waals surface area contributed by atoms with Crippen molar-refractivity contribution >= 4 is 35.0 Å². The van der Waals surface area contributed by atoms with Crippen LogP contribution in [0.1, 0.15) is 49.7 Å². The summed E-state index contributed by atoms with van der Waals surface area (Å²) in [5.41, 5.74) is 2.16. The average molecular weight is 462 g/mol. The smallest absolute Gasteiger partial charge is 0.191 e. The molecule has 0 aliphatic heterocycles. The molecule has 7 heteroatoms. The predicted molar refractivity (Wildman–Crippen MR) is 126 cm³/mol. The van der Waals surface area contributed by atoms with Crippen molar-refractivity contribution in [2.75, 3.05) is 0 Å². The number of halogens is 2. The van der Waals surface area contributed by atoms with Gasteiger partial charge in [-0.3, -0.25) is 4.57 Å². The van der Waals surface area contributed by atoms with Crippen LogP contribution in [0.2, 0.25) is 10.0 Å². The van der Waals surface area contributed by atoms with Gasteiger partial charge in [-0.1, -0.05) is 73.1 Å². The van der Waals surface area contributed by atoms with Gasteiger partial charge in [0.15, 0.2) is 17.1 Å². The standard InChI is InChI=1S/C23H25Cl2N3OS/c1-5-13-28-22(16(4)29-18-11-9-17(10-12-18)15(2)3)26-27-23(28)30-14-19-20(24)7-6-8-21(19)25/h5-12,15-16H,1,13-14H2,2-4H3. The summed E-state index contributed by atoms with van der Waals surface area (Å²) in [6.07, 6.45) is 1.56. The summed E-state index contributed by atoms with van der Waals surface area (Å²) in [5.74, 6) is 2.63. The minimum Gasteiger partial charge on any atom is -0.483 e. The van der Waals surface area contributed by atoms with E-state index in [9.17, 15) is 0 Å². The summed E-state index contributed by atoms with van der Waals surface area (Å²) in [6, 6.07) is 13.7. The van der Waals surface area contributed by atoms with Gasteiger partial charge in [-0.25, -0.2) is 0 Å². The van der Waals surface area contributed by atoms with Gasteiger partial charge in [0, 0.05) is 22.3 Å². The van der Waals surface area contributed by atoms with E-state index in [1.54, 1.807) is 0 Å². The lowest BCUT2D eigenvalue weighted by atomic mass is 10.0. The van der Waals surface area contributed by atoms with Gasteiger partial charge in [0.05, 0.1) is 0 Å². The second-order valence-electron chi connectivity index (χ2n) is 7.21. The number of rotatable bonds is 9. The molecule has 3 aromatic rings. The zero-order chi connectivity index (χ0) is 21.7. The summed E-state index contributed by atoms with van der Waals surface area (Å²) in [7, 11) is 0. The first-order valence-corrected chi connectivity index (χ1v) is 11.5. The van der Waals surface area contributed by atoms with Crippen LogP contribution in [0.5, 0.6) is 5.75 Å². The lowest BCUT2D eigenvalue weighted by Gasteiger charge is -2.16. The molecule has 1 heterocycles. The molecule has 0 bridgehead atoms. The number of thioether (sulfide) groups is 1. The molecule has 0 radical (unpaired) electrons. The van der Waals surface area contributed by atoms with Crippen LogP contribution < -0.4 is 4.74 Å². The van der Waals surface area contributed by atoms with Gasteiger partial charge in [-0.15, -0.1) is 16.8 Å². The van der Waals surface area contributed by atoms with Crippen LogP contribution in [0.25, 0.3) is 0 Å².